The zero-order valence-electron chi connectivity index (χ0n) is 27.0. The van der Waals surface area contributed by atoms with Crippen LogP contribution in [0.15, 0.2) is 36.7 Å². The molecular weight excluding hydrogens is 570 g/mol. The van der Waals surface area contributed by atoms with Gasteiger partial charge in [0.1, 0.15) is 18.0 Å². The Kier molecular flexibility index (Phi) is 8.62. The summed E-state index contributed by atoms with van der Waals surface area (Å²) in [6.07, 6.45) is 2.30. The van der Waals surface area contributed by atoms with Gasteiger partial charge in [-0.3, -0.25) is 4.90 Å². The second kappa shape index (κ2) is 11.6. The molecule has 0 saturated carbocycles. The number of nitrogens with zero attached hydrogens (tertiary/aromatic N) is 6. The molecule has 1 aromatic heterocycles. The van der Waals surface area contributed by atoms with Gasteiger partial charge in [0.2, 0.25) is 5.95 Å². The fourth-order valence-electron chi connectivity index (χ4n) is 5.14. The molecule has 0 aliphatic carbocycles. The number of aromatic nitrogens is 3. The zero-order valence-corrected chi connectivity index (χ0v) is 28.0. The Bertz CT molecular complexity index is 1680. The lowest BCUT2D eigenvalue weighted by molar-refractivity contribution is 0.0577. The lowest BCUT2D eigenvalue weighted by Crippen LogP contribution is -2.42. The quantitative estimate of drug-likeness (QED) is 0.267. The van der Waals surface area contributed by atoms with E-state index < -0.39 is 25.4 Å². The van der Waals surface area contributed by atoms with Gasteiger partial charge in [-0.1, -0.05) is 26.8 Å². The first-order valence-corrected chi connectivity index (χ1v) is 17.6. The minimum atomic E-state index is -2.49. The largest absolute Gasteiger partial charge is 0.443 e. The molecule has 4 rings (SSSR count). The molecule has 0 unspecified atom stereocenters. The monoisotopic (exact) mass is 611 g/mol. The van der Waals surface area contributed by atoms with E-state index in [0.717, 1.165) is 17.5 Å². The first-order chi connectivity index (χ1) is 20.4. The van der Waals surface area contributed by atoms with Gasteiger partial charge in [-0.05, 0) is 94.1 Å². The van der Waals surface area contributed by atoms with Crippen molar-refractivity contribution in [1.29, 1.82) is 10.5 Å². The highest BCUT2D eigenvalue weighted by molar-refractivity contribution is 6.72. The van der Waals surface area contributed by atoms with Gasteiger partial charge in [0.15, 0.2) is 14.1 Å². The predicted molar refractivity (Wildman–Crippen MR) is 173 cm³/mol. The standard InChI is InChI=1S/C33H41N7O3Si/c1-21-10-11-22(17-34)14-26(21)38-29-37-20-36-28(39-29)23-15-24(18-35)27-25(16-23)33(7,13-12-32(5,6)44(8,9)42)19-40(27)30(41)43-31(2,3)4/h10-11,14-16,20,42H,12-13,19H2,1-9H3,(H,36,37,38,39)/t33-/m0/s1. The summed E-state index contributed by atoms with van der Waals surface area (Å²) in [6.45, 7) is 17.9. The minimum Gasteiger partial charge on any atom is -0.443 e. The van der Waals surface area contributed by atoms with Gasteiger partial charge >= 0.3 is 6.09 Å². The SMILES string of the molecule is Cc1ccc(C#N)cc1Nc1ncnc(-c2cc(C#N)c3c(c2)[C@@](C)(CCC(C)(C)[Si](C)(C)O)CN3C(=O)OC(C)(C)C)n1. The van der Waals surface area contributed by atoms with Crippen molar-refractivity contribution in [3.63, 3.8) is 0 Å². The van der Waals surface area contributed by atoms with Crippen molar-refractivity contribution >= 4 is 31.7 Å². The molecule has 3 aromatic rings. The molecule has 2 heterocycles. The van der Waals surface area contributed by atoms with Gasteiger partial charge in [-0.2, -0.15) is 15.5 Å². The van der Waals surface area contributed by atoms with Crippen molar-refractivity contribution in [2.24, 2.45) is 0 Å². The van der Waals surface area contributed by atoms with E-state index in [0.29, 0.717) is 52.8 Å². The van der Waals surface area contributed by atoms with Crippen LogP contribution in [0.2, 0.25) is 18.1 Å². The van der Waals surface area contributed by atoms with Crippen LogP contribution in [0.4, 0.5) is 22.1 Å². The van der Waals surface area contributed by atoms with Crippen LogP contribution in [0.3, 0.4) is 0 Å². The summed E-state index contributed by atoms with van der Waals surface area (Å²) >= 11 is 0. The average Bonchev–Trinajstić information content (AvgIpc) is 3.24. The minimum absolute atomic E-state index is 0.277. The molecule has 1 amide bonds. The van der Waals surface area contributed by atoms with Crippen molar-refractivity contribution in [3.05, 3.63) is 58.9 Å². The summed E-state index contributed by atoms with van der Waals surface area (Å²) in [6, 6.07) is 13.4. The summed E-state index contributed by atoms with van der Waals surface area (Å²) in [5, 5.41) is 22.5. The first kappa shape index (κ1) is 32.6. The molecule has 0 spiro atoms. The van der Waals surface area contributed by atoms with Crippen LogP contribution >= 0.6 is 0 Å². The molecule has 10 nitrogen and oxygen atoms in total. The Hall–Kier alpha value is -4.32. The van der Waals surface area contributed by atoms with Crippen LogP contribution in [0, 0.1) is 29.6 Å². The number of benzene rings is 2. The summed E-state index contributed by atoms with van der Waals surface area (Å²) in [4.78, 5) is 39.4. The number of hydrogen-bond donors (Lipinski definition) is 2. The third-order valence-corrected chi connectivity index (χ3v) is 12.2. The number of rotatable bonds is 7. The predicted octanol–water partition coefficient (Wildman–Crippen LogP) is 7.10. The van der Waals surface area contributed by atoms with Gasteiger partial charge in [0.05, 0.1) is 22.9 Å². The molecule has 44 heavy (non-hydrogen) atoms. The number of fused-ring (bicyclic) bond motifs is 1. The lowest BCUT2D eigenvalue weighted by Gasteiger charge is -2.38. The normalized spacial score (nSPS) is 16.6. The van der Waals surface area contributed by atoms with E-state index >= 15 is 0 Å². The molecule has 2 aromatic carbocycles. The molecule has 1 aliphatic rings. The number of aryl methyl sites for hydroxylation is 1. The van der Waals surface area contributed by atoms with Crippen LogP contribution < -0.4 is 10.2 Å². The molecule has 1 aliphatic heterocycles. The number of ether oxygens (including phenoxy) is 1. The maximum atomic E-state index is 13.5. The third-order valence-electron chi connectivity index (χ3n) is 8.67. The van der Waals surface area contributed by atoms with E-state index in [-0.39, 0.29) is 5.04 Å². The molecule has 11 heteroatoms. The van der Waals surface area contributed by atoms with Crippen molar-refractivity contribution in [2.75, 3.05) is 16.8 Å². The Labute approximate surface area is 260 Å². The van der Waals surface area contributed by atoms with E-state index in [1.807, 2.05) is 52.9 Å². The van der Waals surface area contributed by atoms with Crippen LogP contribution in [-0.4, -0.2) is 46.3 Å². The number of anilines is 3. The number of carbonyl (C=O) groups is 1. The molecule has 230 valence electrons. The highest BCUT2D eigenvalue weighted by Gasteiger charge is 2.47. The summed E-state index contributed by atoms with van der Waals surface area (Å²) < 4.78 is 5.77. The van der Waals surface area contributed by atoms with Crippen LogP contribution in [0.5, 0.6) is 0 Å². The molecule has 0 fully saturated rings. The number of nitriles is 2. The van der Waals surface area contributed by atoms with Crippen LogP contribution in [0.1, 0.15) is 76.6 Å². The highest BCUT2D eigenvalue weighted by atomic mass is 28.4. The Morgan fingerprint density at radius 3 is 2.45 bits per heavy atom. The molecule has 0 bridgehead atoms. The summed E-state index contributed by atoms with van der Waals surface area (Å²) in [5.41, 5.74) is 3.17. The van der Waals surface area contributed by atoms with Crippen molar-refractivity contribution in [3.8, 4) is 23.5 Å². The molecule has 0 saturated heterocycles. The van der Waals surface area contributed by atoms with Gasteiger partial charge in [-0.25, -0.2) is 14.8 Å². The van der Waals surface area contributed by atoms with Crippen molar-refractivity contribution in [1.82, 2.24) is 15.0 Å². The number of carbonyl (C=O) groups excluding carboxylic acids is 1. The fraction of sp³-hybridized carbons (Fsp3) is 0.455. The van der Waals surface area contributed by atoms with E-state index in [2.05, 4.69) is 53.2 Å². The van der Waals surface area contributed by atoms with E-state index in [4.69, 9.17) is 4.74 Å². The lowest BCUT2D eigenvalue weighted by atomic mass is 9.77. The van der Waals surface area contributed by atoms with Crippen LogP contribution in [-0.2, 0) is 10.2 Å². The average molecular weight is 612 g/mol. The van der Waals surface area contributed by atoms with Gasteiger partial charge in [0, 0.05) is 23.2 Å². The molecule has 1 atom stereocenters. The van der Waals surface area contributed by atoms with Gasteiger partial charge < -0.3 is 14.8 Å². The van der Waals surface area contributed by atoms with Crippen molar-refractivity contribution < 1.29 is 14.3 Å². The Morgan fingerprint density at radius 1 is 1.14 bits per heavy atom. The fourth-order valence-corrected chi connectivity index (χ4v) is 5.87. The van der Waals surface area contributed by atoms with Crippen LogP contribution in [0.25, 0.3) is 11.4 Å². The van der Waals surface area contributed by atoms with Crippen molar-refractivity contribution in [2.45, 2.75) is 90.5 Å². The Balaban J connectivity index is 1.80. The maximum absolute atomic E-state index is 13.5. The smallest absolute Gasteiger partial charge is 0.414 e. The molecular formula is C33H41N7O3Si. The van der Waals surface area contributed by atoms with E-state index in [1.165, 1.54) is 6.33 Å². The number of amides is 1. The second-order valence-corrected chi connectivity index (χ2v) is 18.5. The Morgan fingerprint density at radius 2 is 1.84 bits per heavy atom. The maximum Gasteiger partial charge on any atom is 0.414 e. The first-order valence-electron chi connectivity index (χ1n) is 14.7. The third kappa shape index (κ3) is 6.75. The molecule has 2 N–H and O–H groups in total. The summed E-state index contributed by atoms with van der Waals surface area (Å²) in [5.74, 6) is 0.653. The van der Waals surface area contributed by atoms with Gasteiger partial charge in [-0.15, -0.1) is 0 Å². The second-order valence-electron chi connectivity index (χ2n) is 14.0. The topological polar surface area (TPSA) is 148 Å². The highest BCUT2D eigenvalue weighted by Crippen LogP contribution is 2.50. The zero-order chi connectivity index (χ0) is 32.7. The molecule has 0 radical (unpaired) electrons. The number of hydrogen-bond acceptors (Lipinski definition) is 9. The van der Waals surface area contributed by atoms with E-state index in [1.54, 1.807) is 23.1 Å². The summed E-state index contributed by atoms with van der Waals surface area (Å²) in [7, 11) is -2.49. The van der Waals surface area contributed by atoms with Gasteiger partial charge in [0.25, 0.3) is 0 Å². The van der Waals surface area contributed by atoms with E-state index in [9.17, 15) is 20.1 Å². The number of nitrogens with one attached hydrogen (secondary N) is 1.